The van der Waals surface area contributed by atoms with E-state index in [9.17, 15) is 4.79 Å². The van der Waals surface area contributed by atoms with Crippen LogP contribution in [-0.4, -0.2) is 133 Å². The molecule has 0 saturated heterocycles. The van der Waals surface area contributed by atoms with Crippen molar-refractivity contribution in [2.45, 2.75) is 228 Å². The molecule has 8 aromatic rings. The topological polar surface area (TPSA) is 43.0 Å². The molecule has 676 valence electrons. The van der Waals surface area contributed by atoms with Crippen LogP contribution in [0.1, 0.15) is 225 Å². The minimum absolute atomic E-state index is 0. The minimum atomic E-state index is 0. The second kappa shape index (κ2) is 97.6. The number of likely N-dealkylation sites (N-methyl/N-ethyl adjacent to an activating group) is 2. The summed E-state index contributed by atoms with van der Waals surface area (Å²) >= 11 is 1.92. The van der Waals surface area contributed by atoms with Gasteiger partial charge in [0, 0.05) is 348 Å². The van der Waals surface area contributed by atoms with Crippen molar-refractivity contribution < 1.29 is 266 Å². The van der Waals surface area contributed by atoms with Gasteiger partial charge in [-0.3, -0.25) is 4.79 Å². The number of amides is 1. The van der Waals surface area contributed by atoms with Crippen LogP contribution in [0.15, 0.2) is 150 Å². The molecule has 0 aromatic heterocycles. The van der Waals surface area contributed by atoms with Crippen molar-refractivity contribution in [3.05, 3.63) is 307 Å². The first-order valence-corrected chi connectivity index (χ1v) is 42.3. The summed E-state index contributed by atoms with van der Waals surface area (Å²) in [6, 6.07) is 74.0. The van der Waals surface area contributed by atoms with E-state index in [-0.39, 0.29) is 290 Å². The minimum Gasteiger partial charge on any atom is -0.397 e. The molecule has 18 heteroatoms. The fourth-order valence-corrected chi connectivity index (χ4v) is 13.5. The maximum Gasteiger partial charge on any atom is 0.228 e. The molecule has 8 aliphatic rings. The molecule has 0 unspecified atom stereocenters. The molecule has 9 nitrogen and oxygen atoms in total. The van der Waals surface area contributed by atoms with E-state index in [4.69, 9.17) is 0 Å². The molecule has 0 atom stereocenters. The van der Waals surface area contributed by atoms with E-state index in [2.05, 4.69) is 217 Å². The van der Waals surface area contributed by atoms with Crippen LogP contribution in [-0.2, 0) is 326 Å². The SMILES string of the molecule is C.C.C.CN1CCCCc2c[c-]ccc21.CN1CCCc2c[c-]ccc21.CN1CCCc2c[c-]ccc2C1.CN1CCSc2c[c-]ccc21.CN1CCc2c[c-]ccc21.CN1CCc2c[c-]ccc2CC1.CN1Cc2c[c-]ccc2C1.CN1Cc2c[c-]ccc2C1=O.C[CH-]C.C[CH-]C.C[CH-]C.C[CH-]C.C[CH-]C.C[CH-]C.C[CH-]C.C[CH-]C.[Y].[Y].[Y].[Y].[Y].[Y].[Y].[Y]. The van der Waals surface area contributed by atoms with Crippen LogP contribution in [0.4, 0.5) is 22.7 Å². The summed E-state index contributed by atoms with van der Waals surface area (Å²) in [7, 11) is 16.9. The van der Waals surface area contributed by atoms with Gasteiger partial charge in [-0.1, -0.05) is 94.0 Å². The first-order valence-electron chi connectivity index (χ1n) is 41.3. The van der Waals surface area contributed by atoms with Gasteiger partial charge in [-0.2, -0.15) is 309 Å². The molecule has 1 amide bonds. The molecule has 16 rings (SSSR count). The largest absolute Gasteiger partial charge is 0.397 e. The van der Waals surface area contributed by atoms with Crippen molar-refractivity contribution in [2.75, 3.05) is 128 Å². The zero-order valence-corrected chi connectivity index (χ0v) is 103. The zero-order valence-electron chi connectivity index (χ0n) is 79.5. The predicted molar refractivity (Wildman–Crippen MR) is 517 cm³/mol. The standard InChI is InChI=1S/3C11H14N.C10H12N.C9H8NO.C9H10NS.2C9H10N.8C3H7.3CH4.8Y/c1-12-9-5-4-7-10-6-2-3-8-11(10)12;1-12-8-4-7-10-5-2-3-6-11(10)9-12;1-12-8-6-10-4-2-3-5-11(10)7-9-12;1-11-8-4-6-9-5-2-3-7-10(9)11;1-10-6-7-4-2-3-5-8(7)9(10)11;1-10-6-7-11-9-5-3-2-4-8(9)10;1-10-6-8-4-2-3-5-9(8)7-10;1-10-7-6-8-4-2-3-5-9(8)10;8*1-3-2;;;;;;;;;;;/h3,6,8H,4-5,7,9H2,1H3;3,5-6H,4,7-9H2,1H3;2,4-5H,6-9H2,1H3;3,5,7H,4,6,8H2,1H3;3-5H,6H2,1H3;2,4-5H,6-7H2,1H3;2,4-5H,6-7H2,1H3;3-5H,6-7H2,1H3;8*3H,1-2H3;3*1H4;;;;;;;;/q16*-1;;;;;;;;;;;. The first-order chi connectivity index (χ1) is 54.7. The molecule has 8 radical (unpaired) electrons. The van der Waals surface area contributed by atoms with Crippen molar-refractivity contribution in [3.8, 4) is 0 Å². The number of benzene rings is 8. The van der Waals surface area contributed by atoms with Gasteiger partial charge < -0.3 is 90.6 Å². The van der Waals surface area contributed by atoms with Crippen molar-refractivity contribution in [2.24, 2.45) is 0 Å². The Kier molecular flexibility index (Phi) is 117. The van der Waals surface area contributed by atoms with Gasteiger partial charge in [0.05, 0.1) is 0 Å². The molecule has 0 saturated carbocycles. The Bertz CT molecular complexity index is 3540. The zero-order chi connectivity index (χ0) is 84.0. The molecule has 0 spiro atoms. The number of rotatable bonds is 0. The number of thioether (sulfide) groups is 1. The summed E-state index contributed by atoms with van der Waals surface area (Å²) in [6.45, 7) is 44.3. The van der Waals surface area contributed by atoms with Gasteiger partial charge in [0.1, 0.15) is 0 Å². The third-order valence-electron chi connectivity index (χ3n) is 17.7. The Balaban J connectivity index is -0.000000125. The van der Waals surface area contributed by atoms with Crippen LogP contribution in [0.5, 0.6) is 0 Å². The average molecular weight is 2310 g/mol. The van der Waals surface area contributed by atoms with Gasteiger partial charge in [0.25, 0.3) is 0 Å². The molecule has 8 aliphatic heterocycles. The van der Waals surface area contributed by atoms with Gasteiger partial charge in [0.15, 0.2) is 0 Å². The van der Waals surface area contributed by atoms with Gasteiger partial charge in [-0.25, -0.2) is 0 Å². The molecular formula is C106H160N8OSY8-16. The van der Waals surface area contributed by atoms with E-state index < -0.39 is 0 Å². The van der Waals surface area contributed by atoms with Crippen molar-refractivity contribution >= 4 is 40.4 Å². The van der Waals surface area contributed by atoms with Crippen molar-refractivity contribution in [1.29, 1.82) is 0 Å². The normalized spacial score (nSPS) is 13.3. The van der Waals surface area contributed by atoms with Crippen LogP contribution in [0.2, 0.25) is 0 Å². The Morgan fingerprint density at radius 3 is 0.992 bits per heavy atom. The molecule has 0 bridgehead atoms. The number of carbonyl (C=O) groups is 1. The number of fused-ring (bicyclic) bond motifs is 8. The fourth-order valence-electron chi connectivity index (χ4n) is 12.4. The number of hydrogen-bond acceptors (Lipinski definition) is 9. The summed E-state index contributed by atoms with van der Waals surface area (Å²) in [4.78, 5) is 30.7. The first kappa shape index (κ1) is 148. The number of hydrogen-bond donors (Lipinski definition) is 0. The Hall–Kier alpha value is 1.49. The predicted octanol–water partition coefficient (Wildman–Crippen LogP) is 25.3. The maximum absolute atomic E-state index is 11.3. The Morgan fingerprint density at radius 1 is 0.258 bits per heavy atom. The molecule has 0 aliphatic carbocycles. The molecule has 8 heterocycles. The second-order valence-corrected chi connectivity index (χ2v) is 30.3. The summed E-state index contributed by atoms with van der Waals surface area (Å²) in [5.41, 5.74) is 20.6. The van der Waals surface area contributed by atoms with Crippen molar-refractivity contribution in [3.63, 3.8) is 0 Å². The molecule has 8 aromatic carbocycles. The van der Waals surface area contributed by atoms with E-state index in [0.29, 0.717) is 0 Å². The van der Waals surface area contributed by atoms with Crippen LogP contribution in [0, 0.1) is 99.9 Å². The van der Waals surface area contributed by atoms with Crippen LogP contribution in [0.25, 0.3) is 0 Å². The quantitative estimate of drug-likeness (QED) is 0.138. The van der Waals surface area contributed by atoms with Gasteiger partial charge >= 0.3 is 0 Å². The van der Waals surface area contributed by atoms with Crippen molar-refractivity contribution in [1.82, 2.24) is 19.6 Å². The average Bonchev–Trinajstić information content (AvgIpc) is 1.64. The third kappa shape index (κ3) is 64.5. The second-order valence-electron chi connectivity index (χ2n) is 29.2. The van der Waals surface area contributed by atoms with Gasteiger partial charge in [0.2, 0.25) is 5.91 Å². The number of aryl methyl sites for hydroxylation is 3. The van der Waals surface area contributed by atoms with Gasteiger partial charge in [-0.15, -0.1) is 63.2 Å². The third-order valence-corrected chi connectivity index (χ3v) is 18.7. The molecular weight excluding hydrogens is 2140 g/mol. The van der Waals surface area contributed by atoms with E-state index in [1.54, 1.807) is 11.0 Å². The van der Waals surface area contributed by atoms with E-state index in [1.165, 1.54) is 180 Å². The Labute approximate surface area is 973 Å². The van der Waals surface area contributed by atoms with E-state index >= 15 is 0 Å². The molecule has 0 fully saturated rings. The Morgan fingerprint density at radius 2 is 0.556 bits per heavy atom. The summed E-state index contributed by atoms with van der Waals surface area (Å²) < 4.78 is 0. The maximum atomic E-state index is 11.3. The van der Waals surface area contributed by atoms with E-state index in [1.807, 2.05) is 236 Å². The smallest absolute Gasteiger partial charge is 0.228 e. The van der Waals surface area contributed by atoms with Crippen LogP contribution >= 0.6 is 11.8 Å². The molecule has 124 heavy (non-hydrogen) atoms. The van der Waals surface area contributed by atoms with Gasteiger partial charge in [-0.05, 0) is 73.0 Å². The monoisotopic (exact) mass is 2300 g/mol. The summed E-state index contributed by atoms with van der Waals surface area (Å²) in [5.74, 6) is 1.32. The summed E-state index contributed by atoms with van der Waals surface area (Å²) in [6.07, 6.45) is 28.4. The fraction of sp³-hybridized carbons (Fsp3) is 0.462. The van der Waals surface area contributed by atoms with Crippen LogP contribution in [0.3, 0.4) is 0 Å². The number of carbonyl (C=O) groups excluding carboxylic acids is 1. The molecule has 0 N–H and O–H groups in total. The number of anilines is 4. The number of nitrogens with zero attached hydrogens (tertiary/aromatic N) is 8. The summed E-state index contributed by atoms with van der Waals surface area (Å²) in [5, 5.41) is 0. The van der Waals surface area contributed by atoms with E-state index in [0.717, 1.165) is 50.4 Å². The van der Waals surface area contributed by atoms with Crippen LogP contribution < -0.4 is 19.6 Å².